The Morgan fingerprint density at radius 2 is 1.60 bits per heavy atom. The molecule has 10 nitrogen and oxygen atoms in total. The molecule has 1 amide bonds. The molecule has 6 rings (SSSR count). The van der Waals surface area contributed by atoms with E-state index in [4.69, 9.17) is 29.0 Å². The first kappa shape index (κ1) is 30.6. The van der Waals surface area contributed by atoms with Gasteiger partial charge < -0.3 is 18.9 Å². The van der Waals surface area contributed by atoms with Crippen LogP contribution in [-0.2, 0) is 11.2 Å². The standard InChI is InChI=1S/C33H32N4O6S2/c1-40-23-10-5-20(6-11-23)26-18-27(21-7-14-28(42-3)29(17-21)43-4)37(35-26)30(38)19-45-33-34-25-15-16-44-31(25)32(39)36(33)22-8-12-24(41-2)13-9-22/h5-14,17,27H,15-16,18-19H2,1-4H3. The van der Waals surface area contributed by atoms with Crippen LogP contribution in [0.25, 0.3) is 5.69 Å². The molecular weight excluding hydrogens is 613 g/mol. The van der Waals surface area contributed by atoms with Crippen LogP contribution in [0.1, 0.15) is 29.3 Å². The van der Waals surface area contributed by atoms with Gasteiger partial charge in [0.1, 0.15) is 11.5 Å². The fourth-order valence-electron chi connectivity index (χ4n) is 5.36. The molecule has 3 heterocycles. The van der Waals surface area contributed by atoms with E-state index in [1.807, 2.05) is 54.6 Å². The predicted octanol–water partition coefficient (Wildman–Crippen LogP) is 5.39. The number of nitrogens with zero attached hydrogens (tertiary/aromatic N) is 4. The van der Waals surface area contributed by atoms with Crippen LogP contribution in [0.3, 0.4) is 0 Å². The number of fused-ring (bicyclic) bond motifs is 1. The highest BCUT2D eigenvalue weighted by atomic mass is 32.2. The number of ether oxygens (including phenoxy) is 4. The van der Waals surface area contributed by atoms with Crippen LogP contribution in [0.4, 0.5) is 0 Å². The van der Waals surface area contributed by atoms with Crippen molar-refractivity contribution in [3.63, 3.8) is 0 Å². The second kappa shape index (κ2) is 13.3. The van der Waals surface area contributed by atoms with Crippen LogP contribution < -0.4 is 24.5 Å². The summed E-state index contributed by atoms with van der Waals surface area (Å²) in [5, 5.41) is 6.82. The van der Waals surface area contributed by atoms with E-state index < -0.39 is 0 Å². The molecule has 0 aliphatic carbocycles. The number of rotatable bonds is 10. The number of hydrazone groups is 1. The van der Waals surface area contributed by atoms with Gasteiger partial charge >= 0.3 is 0 Å². The Morgan fingerprint density at radius 1 is 0.911 bits per heavy atom. The molecule has 1 atom stereocenters. The number of carbonyl (C=O) groups excluding carboxylic acids is 1. The molecule has 2 aliphatic heterocycles. The highest BCUT2D eigenvalue weighted by molar-refractivity contribution is 8.00. The van der Waals surface area contributed by atoms with Gasteiger partial charge in [-0.1, -0.05) is 17.8 Å². The highest BCUT2D eigenvalue weighted by Crippen LogP contribution is 2.38. The van der Waals surface area contributed by atoms with Gasteiger partial charge in [-0.25, -0.2) is 9.99 Å². The first-order valence-electron chi connectivity index (χ1n) is 14.3. The van der Waals surface area contributed by atoms with Gasteiger partial charge in [0.2, 0.25) is 0 Å². The SMILES string of the molecule is COc1ccc(C2=NN(C(=O)CSc3nc4c(c(=O)n3-c3ccc(OC)cc3)SCC4)C(c3ccc(OC)c(OC)c3)C2)cc1. The third-order valence-electron chi connectivity index (χ3n) is 7.70. The molecule has 1 unspecified atom stereocenters. The summed E-state index contributed by atoms with van der Waals surface area (Å²) in [6, 6.07) is 20.1. The lowest BCUT2D eigenvalue weighted by Crippen LogP contribution is -2.29. The molecule has 0 fully saturated rings. The molecule has 1 aromatic heterocycles. The van der Waals surface area contributed by atoms with Gasteiger partial charge in [-0.05, 0) is 71.8 Å². The summed E-state index contributed by atoms with van der Waals surface area (Å²) in [5.74, 6) is 3.20. The number of aryl methyl sites for hydroxylation is 1. The van der Waals surface area contributed by atoms with E-state index in [1.165, 1.54) is 28.5 Å². The van der Waals surface area contributed by atoms with Crippen molar-refractivity contribution in [2.45, 2.75) is 28.9 Å². The fraction of sp³-hybridized carbons (Fsp3) is 0.273. The van der Waals surface area contributed by atoms with E-state index >= 15 is 0 Å². The number of aromatic nitrogens is 2. The molecule has 4 aromatic rings. The number of hydrogen-bond donors (Lipinski definition) is 0. The summed E-state index contributed by atoms with van der Waals surface area (Å²) in [7, 11) is 6.38. The minimum atomic E-state index is -0.372. The van der Waals surface area contributed by atoms with Crippen molar-refractivity contribution in [1.82, 2.24) is 14.6 Å². The topological polar surface area (TPSA) is 104 Å². The van der Waals surface area contributed by atoms with Crippen LogP contribution in [0.15, 0.2) is 86.7 Å². The first-order valence-corrected chi connectivity index (χ1v) is 16.2. The summed E-state index contributed by atoms with van der Waals surface area (Å²) in [5.41, 5.74) is 3.83. The third-order valence-corrected chi connectivity index (χ3v) is 9.73. The molecule has 0 saturated heterocycles. The number of amides is 1. The number of hydrogen-bond acceptors (Lipinski definition) is 10. The molecule has 0 N–H and O–H groups in total. The lowest BCUT2D eigenvalue weighted by Gasteiger charge is -2.23. The zero-order valence-corrected chi connectivity index (χ0v) is 26.9. The summed E-state index contributed by atoms with van der Waals surface area (Å²) in [4.78, 5) is 33.1. The summed E-state index contributed by atoms with van der Waals surface area (Å²) in [6.45, 7) is 0. The van der Waals surface area contributed by atoms with Crippen molar-refractivity contribution < 1.29 is 23.7 Å². The summed E-state index contributed by atoms with van der Waals surface area (Å²) < 4.78 is 23.2. The van der Waals surface area contributed by atoms with Crippen molar-refractivity contribution in [3.8, 4) is 28.7 Å². The molecule has 0 saturated carbocycles. The van der Waals surface area contributed by atoms with E-state index in [9.17, 15) is 9.59 Å². The van der Waals surface area contributed by atoms with E-state index in [-0.39, 0.29) is 23.3 Å². The number of thioether (sulfide) groups is 2. The number of benzene rings is 3. The molecular formula is C33H32N4O6S2. The molecule has 3 aromatic carbocycles. The highest BCUT2D eigenvalue weighted by Gasteiger charge is 2.34. The van der Waals surface area contributed by atoms with Crippen molar-refractivity contribution in [2.75, 3.05) is 39.9 Å². The molecule has 0 radical (unpaired) electrons. The summed E-state index contributed by atoms with van der Waals surface area (Å²) >= 11 is 2.75. The first-order chi connectivity index (χ1) is 21.9. The lowest BCUT2D eigenvalue weighted by molar-refractivity contribution is -0.130. The lowest BCUT2D eigenvalue weighted by atomic mass is 9.98. The molecule has 45 heavy (non-hydrogen) atoms. The Morgan fingerprint density at radius 3 is 2.27 bits per heavy atom. The zero-order valence-electron chi connectivity index (χ0n) is 25.3. The maximum absolute atomic E-state index is 14.0. The van der Waals surface area contributed by atoms with Crippen molar-refractivity contribution in [3.05, 3.63) is 93.9 Å². The van der Waals surface area contributed by atoms with E-state index in [2.05, 4.69) is 0 Å². The Kier molecular flexibility index (Phi) is 9.04. The van der Waals surface area contributed by atoms with Gasteiger partial charge in [-0.15, -0.1) is 11.8 Å². The van der Waals surface area contributed by atoms with Crippen LogP contribution in [0.2, 0.25) is 0 Å². The summed E-state index contributed by atoms with van der Waals surface area (Å²) in [6.07, 6.45) is 1.21. The van der Waals surface area contributed by atoms with Gasteiger partial charge in [0.05, 0.1) is 62.2 Å². The fourth-order valence-corrected chi connectivity index (χ4v) is 7.26. The molecule has 2 aliphatic rings. The van der Waals surface area contributed by atoms with Crippen molar-refractivity contribution >= 4 is 35.1 Å². The predicted molar refractivity (Wildman–Crippen MR) is 175 cm³/mol. The van der Waals surface area contributed by atoms with Crippen molar-refractivity contribution in [1.29, 1.82) is 0 Å². The maximum atomic E-state index is 14.0. The van der Waals surface area contributed by atoms with Gasteiger partial charge in [-0.3, -0.25) is 14.2 Å². The Labute approximate surface area is 269 Å². The minimum Gasteiger partial charge on any atom is -0.497 e. The van der Waals surface area contributed by atoms with Crippen molar-refractivity contribution in [2.24, 2.45) is 5.10 Å². The zero-order chi connectivity index (χ0) is 31.5. The normalized spacial score (nSPS) is 15.4. The second-order valence-electron chi connectivity index (χ2n) is 10.2. The smallest absolute Gasteiger partial charge is 0.272 e. The van der Waals surface area contributed by atoms with Crippen LogP contribution >= 0.6 is 23.5 Å². The average Bonchev–Trinajstić information content (AvgIpc) is 3.75. The van der Waals surface area contributed by atoms with E-state index in [0.29, 0.717) is 45.8 Å². The van der Waals surface area contributed by atoms with Crippen LogP contribution in [0, 0.1) is 0 Å². The largest absolute Gasteiger partial charge is 0.497 e. The Hall–Kier alpha value is -4.42. The van der Waals surface area contributed by atoms with Gasteiger partial charge in [-0.2, -0.15) is 5.10 Å². The van der Waals surface area contributed by atoms with Gasteiger partial charge in [0.25, 0.3) is 11.5 Å². The molecule has 12 heteroatoms. The number of carbonyl (C=O) groups is 1. The Bertz CT molecular complexity index is 1810. The molecule has 0 bridgehead atoms. The van der Waals surface area contributed by atoms with Gasteiger partial charge in [0, 0.05) is 18.6 Å². The van der Waals surface area contributed by atoms with E-state index in [1.54, 1.807) is 45.1 Å². The van der Waals surface area contributed by atoms with Crippen LogP contribution in [-0.4, -0.2) is 66.1 Å². The van der Waals surface area contributed by atoms with Gasteiger partial charge in [0.15, 0.2) is 16.7 Å². The quantitative estimate of drug-likeness (QED) is 0.166. The molecule has 232 valence electrons. The monoisotopic (exact) mass is 644 g/mol. The third kappa shape index (κ3) is 6.12. The molecule has 0 spiro atoms. The van der Waals surface area contributed by atoms with Crippen LogP contribution in [0.5, 0.6) is 23.0 Å². The maximum Gasteiger partial charge on any atom is 0.272 e. The minimum absolute atomic E-state index is 0.0255. The Balaban J connectivity index is 1.33. The number of methoxy groups -OCH3 is 4. The average molecular weight is 645 g/mol. The van der Waals surface area contributed by atoms with E-state index in [0.717, 1.165) is 34.0 Å². The second-order valence-corrected chi connectivity index (χ2v) is 12.3.